The van der Waals surface area contributed by atoms with Crippen molar-refractivity contribution in [2.75, 3.05) is 31.1 Å². The summed E-state index contributed by atoms with van der Waals surface area (Å²) in [5.41, 5.74) is 15.5. The van der Waals surface area contributed by atoms with E-state index in [2.05, 4.69) is 62.5 Å². The number of rotatable bonds is 15. The molecule has 4 aromatic carbocycles. The standard InChI is InChI=1S/C68H79F2N15O13S2/c69-42-11-15-48-46(25-42)40(29-74-48)23-51-63(93)80-52(24-41-30-75-49-16-12-43(70)26-47(41)49)64(94)82-54(28-60(89)90)66(96)81-53(27-44-31-73-36-77-44)65(95)83-55(22-37-9-13-45(86)14-10-37)68(98)85-19-4-8-57(85)67(97)84-56(61(72)91)35-100-34-39-6-3-5-38(21-39)33-99-20-17-58(87)78-50(7-1-2-18-71)62(92)76-32-59(88)79-51/h3,5-6,9-16,21,25-26,29-31,36,50-57,74-75,86H,1-2,4,7-8,17-20,22-24,27-28,32-35,71H2,(H2,72,91)(H,73,77)(H,76,92)(H,78,87)(H,79,88)(H,80,93)(H,81,96)(H,82,94)(H,83,95)(H,84,97)(H,89,90)/t50-,51+,52+,53+,54+,55+,56+,57+/m1/s1. The molecule has 2 aliphatic heterocycles. The fourth-order valence-corrected chi connectivity index (χ4v) is 13.8. The monoisotopic (exact) mass is 1420 g/mol. The van der Waals surface area contributed by atoms with E-state index < -0.39 is 144 Å². The second-order valence-electron chi connectivity index (χ2n) is 24.4. The summed E-state index contributed by atoms with van der Waals surface area (Å²) in [7, 11) is 0. The number of imidazole rings is 1. The van der Waals surface area contributed by atoms with Crippen LogP contribution in [0.15, 0.2) is 110 Å². The average Bonchev–Trinajstić information content (AvgIpc) is 1.64. The number of aromatic nitrogens is 4. The van der Waals surface area contributed by atoms with Crippen LogP contribution in [0, 0.1) is 11.6 Å². The van der Waals surface area contributed by atoms with Crippen LogP contribution in [-0.4, -0.2) is 180 Å². The van der Waals surface area contributed by atoms with Gasteiger partial charge in [-0.2, -0.15) is 23.5 Å². The molecule has 100 heavy (non-hydrogen) atoms. The van der Waals surface area contributed by atoms with Gasteiger partial charge in [0.15, 0.2) is 0 Å². The summed E-state index contributed by atoms with van der Waals surface area (Å²) >= 11 is 2.79. The number of unbranched alkanes of at least 4 members (excludes halogenated alkanes) is 1. The van der Waals surface area contributed by atoms with E-state index in [9.17, 15) is 57.4 Å². The summed E-state index contributed by atoms with van der Waals surface area (Å²) in [4.78, 5) is 170. The summed E-state index contributed by atoms with van der Waals surface area (Å²) < 4.78 is 29.8. The number of H-pyrrole nitrogens is 3. The molecule has 8 atom stereocenters. The third-order valence-electron chi connectivity index (χ3n) is 17.0. The molecule has 0 unspecified atom stereocenters. The van der Waals surface area contributed by atoms with E-state index >= 15 is 14.4 Å². The number of thioether (sulfide) groups is 2. The van der Waals surface area contributed by atoms with E-state index in [-0.39, 0.29) is 73.2 Å². The molecule has 0 spiro atoms. The quantitative estimate of drug-likeness (QED) is 0.0651. The highest BCUT2D eigenvalue weighted by atomic mass is 32.2. The van der Waals surface area contributed by atoms with Gasteiger partial charge in [0.1, 0.15) is 65.7 Å². The lowest BCUT2D eigenvalue weighted by atomic mass is 10.0. The van der Waals surface area contributed by atoms with Crippen LogP contribution in [0.4, 0.5) is 8.78 Å². The minimum Gasteiger partial charge on any atom is -0.508 e. The average molecular weight is 1420 g/mol. The number of hydrogen-bond donors (Lipinski definition) is 15. The first kappa shape index (κ1) is 73.9. The number of carbonyl (C=O) groups excluding carboxylic acids is 10. The molecule has 2 aliphatic rings. The van der Waals surface area contributed by atoms with Gasteiger partial charge < -0.3 is 84.1 Å². The first-order chi connectivity index (χ1) is 48.1. The molecule has 9 rings (SSSR count). The summed E-state index contributed by atoms with van der Waals surface area (Å²) in [5.74, 6) is -10.6. The number of aliphatic carboxylic acids is 1. The second kappa shape index (κ2) is 35.4. The van der Waals surface area contributed by atoms with Gasteiger partial charge in [0.05, 0.1) is 19.3 Å². The molecule has 1 fully saturated rings. The van der Waals surface area contributed by atoms with Gasteiger partial charge in [0.25, 0.3) is 0 Å². The Morgan fingerprint density at radius 1 is 0.620 bits per heavy atom. The summed E-state index contributed by atoms with van der Waals surface area (Å²) in [6.07, 6.45) is 4.52. The van der Waals surface area contributed by atoms with Crippen LogP contribution in [0.2, 0.25) is 0 Å². The van der Waals surface area contributed by atoms with Crippen LogP contribution in [0.1, 0.15) is 78.5 Å². The molecule has 2 bridgehead atoms. The second-order valence-corrected chi connectivity index (χ2v) is 26.6. The molecule has 7 aromatic rings. The topological polar surface area (TPSA) is 440 Å². The van der Waals surface area contributed by atoms with E-state index in [4.69, 9.17) is 11.5 Å². The molecule has 530 valence electrons. The molecule has 10 amide bonds. The fourth-order valence-electron chi connectivity index (χ4n) is 11.9. The number of nitrogens with zero attached hydrogens (tertiary/aromatic N) is 2. The number of nitrogens with two attached hydrogens (primary N) is 2. The van der Waals surface area contributed by atoms with Crippen LogP contribution in [0.25, 0.3) is 21.8 Å². The number of hydrogen-bond acceptors (Lipinski definition) is 16. The summed E-state index contributed by atoms with van der Waals surface area (Å²) in [6.45, 7) is -0.409. The number of halogens is 2. The highest BCUT2D eigenvalue weighted by molar-refractivity contribution is 7.98. The highest BCUT2D eigenvalue weighted by Crippen LogP contribution is 2.26. The van der Waals surface area contributed by atoms with Crippen molar-refractivity contribution in [2.24, 2.45) is 11.5 Å². The van der Waals surface area contributed by atoms with Crippen molar-refractivity contribution >= 4 is 110 Å². The number of amides is 10. The van der Waals surface area contributed by atoms with E-state index in [1.54, 1.807) is 0 Å². The van der Waals surface area contributed by atoms with Crippen molar-refractivity contribution in [3.05, 3.63) is 155 Å². The smallest absolute Gasteiger partial charge is 0.305 e. The number of fused-ring (bicyclic) bond motifs is 5. The van der Waals surface area contributed by atoms with Gasteiger partial charge in [-0.25, -0.2) is 13.8 Å². The Bertz CT molecular complexity index is 4100. The number of carbonyl (C=O) groups is 11. The normalized spacial score (nSPS) is 22.1. The zero-order valence-corrected chi connectivity index (χ0v) is 55.9. The molecule has 0 aliphatic carbocycles. The van der Waals surface area contributed by atoms with Crippen molar-refractivity contribution in [2.45, 2.75) is 130 Å². The third kappa shape index (κ3) is 20.9. The minimum atomic E-state index is -2.04. The van der Waals surface area contributed by atoms with Crippen molar-refractivity contribution in [3.63, 3.8) is 0 Å². The number of carboxylic acids is 1. The predicted molar refractivity (Wildman–Crippen MR) is 367 cm³/mol. The van der Waals surface area contributed by atoms with Gasteiger partial charge in [-0.3, -0.25) is 52.7 Å². The van der Waals surface area contributed by atoms with Crippen LogP contribution >= 0.6 is 23.5 Å². The maximum Gasteiger partial charge on any atom is 0.305 e. The molecule has 17 N–H and O–H groups in total. The Morgan fingerprint density at radius 2 is 1.21 bits per heavy atom. The number of phenols is 1. The maximum absolute atomic E-state index is 15.0. The zero-order valence-electron chi connectivity index (χ0n) is 54.2. The first-order valence-corrected chi connectivity index (χ1v) is 34.8. The van der Waals surface area contributed by atoms with E-state index in [0.717, 1.165) is 17.2 Å². The Labute approximate surface area is 580 Å². The van der Waals surface area contributed by atoms with Gasteiger partial charge in [0.2, 0.25) is 59.1 Å². The lowest BCUT2D eigenvalue weighted by molar-refractivity contribution is -0.143. The molecule has 5 heterocycles. The molecule has 32 heteroatoms. The lowest BCUT2D eigenvalue weighted by Gasteiger charge is -2.31. The van der Waals surface area contributed by atoms with Gasteiger partial charge >= 0.3 is 5.97 Å². The Balaban J connectivity index is 1.05. The van der Waals surface area contributed by atoms with Crippen molar-refractivity contribution in [1.82, 2.24) is 67.4 Å². The molecule has 3 aromatic heterocycles. The predicted octanol–water partition coefficient (Wildman–Crippen LogP) is 1.79. The number of carboxylic acid groups (broad SMARTS) is 1. The Morgan fingerprint density at radius 3 is 1.82 bits per heavy atom. The number of benzene rings is 4. The van der Waals surface area contributed by atoms with Crippen LogP contribution in [-0.2, 0) is 89.9 Å². The van der Waals surface area contributed by atoms with Crippen molar-refractivity contribution < 1.29 is 71.7 Å². The fraction of sp³-hybridized carbons (Fsp3) is 0.382. The van der Waals surface area contributed by atoms with Crippen molar-refractivity contribution in [3.8, 4) is 5.75 Å². The largest absolute Gasteiger partial charge is 0.508 e. The van der Waals surface area contributed by atoms with Crippen molar-refractivity contribution in [1.29, 1.82) is 0 Å². The molecule has 1 saturated heterocycles. The SMILES string of the molecule is NCCCC[C@H]1NC(=O)CCSCc2cccc(c2)CSC[C@@H](C(N)=O)NC(=O)[C@@H]2CCCN2C(=O)[C@H](Cc2ccc(O)cc2)NC(=O)[C@H](Cc2cnc[nH]2)NC(=O)[C@H](CC(=O)O)NC(=O)[C@H](Cc2c[nH]c3ccc(F)cc23)NC(=O)[C@H](Cc2c[nH]c3ccc(F)cc23)NC(=O)CNC1=O. The number of aromatic amines is 3. The molecular weight excluding hydrogens is 1340 g/mol. The molecule has 28 nitrogen and oxygen atoms in total. The van der Waals surface area contributed by atoms with Crippen LogP contribution < -0.4 is 54.0 Å². The zero-order chi connectivity index (χ0) is 71.4. The van der Waals surface area contributed by atoms with Crippen LogP contribution in [0.3, 0.4) is 0 Å². The number of phenolic OH excluding ortho intramolecular Hbond substituents is 1. The highest BCUT2D eigenvalue weighted by Gasteiger charge is 2.41. The van der Waals surface area contributed by atoms with Gasteiger partial charge in [-0.15, -0.1) is 0 Å². The van der Waals surface area contributed by atoms with Gasteiger partial charge in [0, 0.05) is 108 Å². The molecule has 0 saturated carbocycles. The third-order valence-corrected chi connectivity index (χ3v) is 19.1. The van der Waals surface area contributed by atoms with Gasteiger partial charge in [-0.1, -0.05) is 36.4 Å². The Kier molecular flexibility index (Phi) is 26.2. The van der Waals surface area contributed by atoms with E-state index in [1.807, 2.05) is 24.3 Å². The van der Waals surface area contributed by atoms with Crippen LogP contribution in [0.5, 0.6) is 5.75 Å². The maximum atomic E-state index is 15.0. The minimum absolute atomic E-state index is 0.0105. The summed E-state index contributed by atoms with van der Waals surface area (Å²) in [5, 5.41) is 42.0. The van der Waals surface area contributed by atoms with E-state index in [1.165, 1.54) is 108 Å². The summed E-state index contributed by atoms with van der Waals surface area (Å²) in [6, 6.07) is 8.87. The van der Waals surface area contributed by atoms with E-state index in [0.29, 0.717) is 70.6 Å². The first-order valence-electron chi connectivity index (χ1n) is 32.5. The number of aromatic hydroxyl groups is 1. The number of primary amides is 1. The lowest BCUT2D eigenvalue weighted by Crippen LogP contribution is -2.61. The molecular formula is C68H79F2N15O13S2. The number of nitrogens with one attached hydrogen (secondary N) is 11. The Hall–Kier alpha value is -10.3. The molecule has 0 radical (unpaired) electrons. The van der Waals surface area contributed by atoms with Gasteiger partial charge in [-0.05, 0) is 115 Å².